The molecule has 1 N–H and O–H groups in total. The van der Waals surface area contributed by atoms with Gasteiger partial charge in [-0.05, 0) is 30.3 Å². The molecule has 0 unspecified atom stereocenters. The number of aromatic nitrogens is 1. The Labute approximate surface area is 114 Å². The van der Waals surface area contributed by atoms with E-state index in [-0.39, 0.29) is 16.7 Å². The highest BCUT2D eigenvalue weighted by atomic mass is 35.5. The molecule has 0 bridgehead atoms. The molecule has 1 aliphatic heterocycles. The third-order valence-corrected chi connectivity index (χ3v) is 3.19. The molecule has 1 aromatic heterocycles. The van der Waals surface area contributed by atoms with E-state index >= 15 is 0 Å². The predicted octanol–water partition coefficient (Wildman–Crippen LogP) is 3.57. The highest BCUT2D eigenvalue weighted by molar-refractivity contribution is 6.29. The Kier molecular flexibility index (Phi) is 2.87. The van der Waals surface area contributed by atoms with E-state index in [0.717, 1.165) is 5.69 Å². The average molecular weight is 277 g/mol. The summed E-state index contributed by atoms with van der Waals surface area (Å²) in [6, 6.07) is 7.59. The highest BCUT2D eigenvalue weighted by Crippen LogP contribution is 2.31. The molecule has 0 aliphatic carbocycles. The lowest BCUT2D eigenvalue weighted by Gasteiger charge is -2.25. The van der Waals surface area contributed by atoms with Crippen LogP contribution in [0.15, 0.2) is 36.5 Å². The molecule has 0 atom stereocenters. The molecular formula is C14H10ClFN2O. The quantitative estimate of drug-likeness (QED) is 0.809. The van der Waals surface area contributed by atoms with Crippen LogP contribution >= 0.6 is 11.6 Å². The van der Waals surface area contributed by atoms with Gasteiger partial charge in [-0.3, -0.25) is 0 Å². The van der Waals surface area contributed by atoms with E-state index in [2.05, 4.69) is 4.98 Å². The number of anilines is 1. The second-order valence-electron chi connectivity index (χ2n) is 4.25. The lowest BCUT2D eigenvalue weighted by Crippen LogP contribution is -2.19. The number of hydrogen-bond acceptors (Lipinski definition) is 3. The van der Waals surface area contributed by atoms with Gasteiger partial charge in [0.05, 0.1) is 12.2 Å². The summed E-state index contributed by atoms with van der Waals surface area (Å²) in [6.07, 6.45) is 3.60. The fourth-order valence-corrected chi connectivity index (χ4v) is 2.23. The Bertz CT molecular complexity index is 655. The summed E-state index contributed by atoms with van der Waals surface area (Å²) in [6.45, 7) is 0.466. The van der Waals surface area contributed by atoms with Gasteiger partial charge in [-0.25, -0.2) is 9.37 Å². The number of nitrogens with zero attached hydrogens (tertiary/aromatic N) is 2. The Morgan fingerprint density at radius 3 is 2.74 bits per heavy atom. The summed E-state index contributed by atoms with van der Waals surface area (Å²) in [5.74, 6) is -0.159. The maximum atomic E-state index is 12.9. The minimum Gasteiger partial charge on any atom is -0.507 e. The molecule has 0 amide bonds. The molecule has 0 radical (unpaired) electrons. The van der Waals surface area contributed by atoms with Gasteiger partial charge in [0.25, 0.3) is 0 Å². The molecule has 2 heterocycles. The predicted molar refractivity (Wildman–Crippen MR) is 72.5 cm³/mol. The lowest BCUT2D eigenvalue weighted by molar-refractivity contribution is 0.466. The van der Waals surface area contributed by atoms with E-state index in [1.54, 1.807) is 18.2 Å². The Morgan fingerprint density at radius 1 is 1.26 bits per heavy atom. The number of hydrogen-bond donors (Lipinski definition) is 1. The van der Waals surface area contributed by atoms with Gasteiger partial charge >= 0.3 is 0 Å². The first-order chi connectivity index (χ1) is 9.13. The molecule has 96 valence electrons. The van der Waals surface area contributed by atoms with Crippen molar-refractivity contribution < 1.29 is 9.50 Å². The smallest absolute Gasteiger partial charge is 0.133 e. The largest absolute Gasteiger partial charge is 0.507 e. The minimum absolute atomic E-state index is 0.117. The van der Waals surface area contributed by atoms with Crippen molar-refractivity contribution in [2.75, 3.05) is 4.90 Å². The van der Waals surface area contributed by atoms with Crippen LogP contribution in [0.4, 0.5) is 10.1 Å². The summed E-state index contributed by atoms with van der Waals surface area (Å²) < 4.78 is 12.9. The van der Waals surface area contributed by atoms with Crippen molar-refractivity contribution >= 4 is 23.4 Å². The second-order valence-corrected chi connectivity index (χ2v) is 4.64. The summed E-state index contributed by atoms with van der Waals surface area (Å²) in [4.78, 5) is 6.05. The van der Waals surface area contributed by atoms with Crippen molar-refractivity contribution in [2.45, 2.75) is 6.54 Å². The van der Waals surface area contributed by atoms with Crippen molar-refractivity contribution in [3.8, 4) is 5.75 Å². The van der Waals surface area contributed by atoms with Crippen LogP contribution in [0.3, 0.4) is 0 Å². The molecule has 19 heavy (non-hydrogen) atoms. The first-order valence-electron chi connectivity index (χ1n) is 5.72. The summed E-state index contributed by atoms with van der Waals surface area (Å²) >= 11 is 5.79. The SMILES string of the molecule is Oc1cc(Cl)nc2c1CN(c1ccc(F)cc1)C=C2. The normalized spacial score (nSPS) is 13.5. The van der Waals surface area contributed by atoms with E-state index in [1.807, 2.05) is 11.1 Å². The summed E-state index contributed by atoms with van der Waals surface area (Å²) in [7, 11) is 0. The number of benzene rings is 1. The molecule has 0 spiro atoms. The van der Waals surface area contributed by atoms with Crippen molar-refractivity contribution in [1.82, 2.24) is 4.98 Å². The zero-order valence-electron chi connectivity index (χ0n) is 9.85. The molecule has 0 saturated carbocycles. The summed E-state index contributed by atoms with van der Waals surface area (Å²) in [5, 5.41) is 10.2. The lowest BCUT2D eigenvalue weighted by atomic mass is 10.1. The van der Waals surface area contributed by atoms with Crippen LogP contribution in [0.1, 0.15) is 11.3 Å². The Morgan fingerprint density at radius 2 is 2.00 bits per heavy atom. The highest BCUT2D eigenvalue weighted by Gasteiger charge is 2.17. The van der Waals surface area contributed by atoms with Gasteiger partial charge in [0.15, 0.2) is 0 Å². The number of pyridine rings is 1. The van der Waals surface area contributed by atoms with Crippen LogP contribution in [-0.4, -0.2) is 10.1 Å². The number of aromatic hydroxyl groups is 1. The van der Waals surface area contributed by atoms with Crippen molar-refractivity contribution in [2.24, 2.45) is 0 Å². The maximum absolute atomic E-state index is 12.9. The van der Waals surface area contributed by atoms with Gasteiger partial charge < -0.3 is 10.0 Å². The third-order valence-electron chi connectivity index (χ3n) is 3.00. The third kappa shape index (κ3) is 2.27. The molecule has 5 heteroatoms. The van der Waals surface area contributed by atoms with Gasteiger partial charge in [0.1, 0.15) is 16.7 Å². The molecule has 1 aliphatic rings. The zero-order chi connectivity index (χ0) is 13.4. The minimum atomic E-state index is -0.276. The molecule has 3 nitrogen and oxygen atoms in total. The number of halogens is 2. The summed E-state index contributed by atoms with van der Waals surface area (Å²) in [5.41, 5.74) is 2.21. The van der Waals surface area contributed by atoms with E-state index in [4.69, 9.17) is 11.6 Å². The molecule has 1 aromatic carbocycles. The number of rotatable bonds is 1. The Hall–Kier alpha value is -2.07. The van der Waals surface area contributed by atoms with Crippen molar-refractivity contribution in [1.29, 1.82) is 0 Å². The second kappa shape index (κ2) is 4.55. The fourth-order valence-electron chi connectivity index (χ4n) is 2.04. The van der Waals surface area contributed by atoms with Crippen LogP contribution in [0.2, 0.25) is 5.15 Å². The van der Waals surface area contributed by atoms with Gasteiger partial charge in [-0.2, -0.15) is 0 Å². The van der Waals surface area contributed by atoms with Crippen LogP contribution in [0.25, 0.3) is 6.08 Å². The molecule has 0 fully saturated rings. The van der Waals surface area contributed by atoms with E-state index in [9.17, 15) is 9.50 Å². The first-order valence-corrected chi connectivity index (χ1v) is 6.10. The molecule has 3 rings (SSSR count). The van der Waals surface area contributed by atoms with E-state index in [1.165, 1.54) is 18.2 Å². The zero-order valence-corrected chi connectivity index (χ0v) is 10.6. The van der Waals surface area contributed by atoms with Gasteiger partial charge in [-0.15, -0.1) is 0 Å². The number of fused-ring (bicyclic) bond motifs is 1. The topological polar surface area (TPSA) is 36.4 Å². The van der Waals surface area contributed by atoms with Crippen LogP contribution in [0, 0.1) is 5.82 Å². The van der Waals surface area contributed by atoms with Crippen LogP contribution < -0.4 is 4.90 Å². The monoisotopic (exact) mass is 276 g/mol. The van der Waals surface area contributed by atoms with Crippen molar-refractivity contribution in [3.05, 3.63) is 58.8 Å². The van der Waals surface area contributed by atoms with Gasteiger partial charge in [0, 0.05) is 23.5 Å². The van der Waals surface area contributed by atoms with E-state index in [0.29, 0.717) is 17.8 Å². The van der Waals surface area contributed by atoms with Crippen molar-refractivity contribution in [3.63, 3.8) is 0 Å². The van der Waals surface area contributed by atoms with Crippen LogP contribution in [-0.2, 0) is 6.54 Å². The standard InChI is InChI=1S/C14H10ClFN2O/c15-14-7-13(19)11-8-18(6-5-12(11)17-14)10-3-1-9(16)2-4-10/h1-7H,8H2,(H,17,19). The van der Waals surface area contributed by atoms with Gasteiger partial charge in [0.2, 0.25) is 0 Å². The van der Waals surface area contributed by atoms with E-state index < -0.39 is 0 Å². The average Bonchev–Trinajstić information content (AvgIpc) is 2.39. The molecule has 0 saturated heterocycles. The molecule has 2 aromatic rings. The first kappa shape index (κ1) is 12.0. The van der Waals surface area contributed by atoms with Gasteiger partial charge in [-0.1, -0.05) is 11.6 Å². The van der Waals surface area contributed by atoms with Crippen LogP contribution in [0.5, 0.6) is 5.75 Å². The Balaban J connectivity index is 1.97. The maximum Gasteiger partial charge on any atom is 0.133 e. The molecular weight excluding hydrogens is 267 g/mol. The fraction of sp³-hybridized carbons (Fsp3) is 0.0714.